The van der Waals surface area contributed by atoms with Crippen LogP contribution in [0.4, 0.5) is 39.5 Å². The molecule has 1 aromatic carbocycles. The Kier molecular flexibility index (Phi) is 15.3. The largest absolute Gasteiger partial charge is 0.481 e. The molecule has 2 amide bonds. The number of carboxylic acid groups (broad SMARTS) is 1. The van der Waals surface area contributed by atoms with Gasteiger partial charge in [0, 0.05) is 76.3 Å². The van der Waals surface area contributed by atoms with E-state index in [4.69, 9.17) is 33.0 Å². The summed E-state index contributed by atoms with van der Waals surface area (Å²) in [5.41, 5.74) is 4.84. The number of hydrogen-bond acceptors (Lipinski definition) is 6. The molecular formula is C44H54ClF9N6O4. The summed E-state index contributed by atoms with van der Waals surface area (Å²) in [6.45, 7) is 10.9. The van der Waals surface area contributed by atoms with E-state index in [0.717, 1.165) is 0 Å². The van der Waals surface area contributed by atoms with Gasteiger partial charge in [-0.2, -0.15) is 15.6 Å². The molecule has 5 aliphatic rings. The molecule has 4 fully saturated rings. The fraction of sp³-hybridized carbons (Fsp3) is 0.682. The first-order chi connectivity index (χ1) is 29.1. The Balaban J connectivity index is 0.000000227. The van der Waals surface area contributed by atoms with Crippen LogP contribution in [0.1, 0.15) is 122 Å². The molecule has 0 unspecified atom stereocenters. The molecule has 0 radical (unpaired) electrons. The number of nitriles is 2. The fourth-order valence-corrected chi connectivity index (χ4v) is 8.34. The van der Waals surface area contributed by atoms with Gasteiger partial charge in [0.05, 0.1) is 52.3 Å². The average Bonchev–Trinajstić information content (AvgIpc) is 3.52. The van der Waals surface area contributed by atoms with E-state index in [-0.39, 0.29) is 117 Å². The lowest BCUT2D eigenvalue weighted by Crippen LogP contribution is -2.47. The number of alkyl halides is 8. The minimum atomic E-state index is -2.64. The number of fused-ring (bicyclic) bond motifs is 1. The molecule has 1 aromatic heterocycles. The van der Waals surface area contributed by atoms with Gasteiger partial charge in [0.2, 0.25) is 29.6 Å². The number of nitrogens with two attached hydrogens (primary N) is 1. The van der Waals surface area contributed by atoms with Crippen molar-refractivity contribution in [2.45, 2.75) is 143 Å². The quantitative estimate of drug-likeness (QED) is 0.236. The third-order valence-electron chi connectivity index (χ3n) is 13.2. The Morgan fingerprint density at radius 1 is 0.828 bits per heavy atom. The molecule has 0 atom stereocenters. The van der Waals surface area contributed by atoms with E-state index < -0.39 is 57.6 Å². The van der Waals surface area contributed by atoms with Crippen molar-refractivity contribution in [1.82, 2.24) is 14.7 Å². The fourth-order valence-electron chi connectivity index (χ4n) is 8.16. The number of nitrogens with zero attached hydrogens (tertiary/aromatic N) is 5. The van der Waals surface area contributed by atoms with Gasteiger partial charge in [0.1, 0.15) is 11.5 Å². The molecule has 3 N–H and O–H groups in total. The lowest BCUT2D eigenvalue weighted by molar-refractivity contribution is -0.172. The normalized spacial score (nSPS) is 21.1. The SMILES string of the molecule is CC(C)(C#N)C1CC(F)(F)C1.CC(C)(C(=O)O)C1CC(F)(F)C1.CC(C)(CC(=O)N1CCn2nc(-c3ccc(F)c(Cl)c3)c(C(N)=O)c2C1)C1CC(F)(F)C1.N#CCC1CC(F)(F)C1. The zero-order valence-corrected chi connectivity index (χ0v) is 37.3. The Morgan fingerprint density at radius 2 is 1.33 bits per heavy atom. The summed E-state index contributed by atoms with van der Waals surface area (Å²) in [6.07, 6.45) is -0.949. The molecule has 0 bridgehead atoms. The second kappa shape index (κ2) is 18.8. The van der Waals surface area contributed by atoms with Crippen LogP contribution in [-0.4, -0.2) is 67.8 Å². The predicted octanol–water partition coefficient (Wildman–Crippen LogP) is 10.9. The molecule has 64 heavy (non-hydrogen) atoms. The number of aliphatic carboxylic acids is 1. The number of carboxylic acids is 1. The third-order valence-corrected chi connectivity index (χ3v) is 13.5. The highest BCUT2D eigenvalue weighted by atomic mass is 35.5. The lowest BCUT2D eigenvalue weighted by atomic mass is 9.64. The van der Waals surface area contributed by atoms with Crippen molar-refractivity contribution in [3.8, 4) is 23.4 Å². The Bertz CT molecular complexity index is 2130. The Hall–Kier alpha value is -4.52. The van der Waals surface area contributed by atoms with Gasteiger partial charge < -0.3 is 15.7 Å². The number of benzene rings is 1. The molecule has 20 heteroatoms. The first-order valence-corrected chi connectivity index (χ1v) is 21.2. The maximum Gasteiger partial charge on any atom is 0.309 e. The van der Waals surface area contributed by atoms with Crippen molar-refractivity contribution in [2.75, 3.05) is 6.54 Å². The van der Waals surface area contributed by atoms with Gasteiger partial charge in [-0.3, -0.25) is 19.1 Å². The van der Waals surface area contributed by atoms with Crippen LogP contribution in [-0.2, 0) is 22.7 Å². The molecule has 7 rings (SSSR count). The van der Waals surface area contributed by atoms with Gasteiger partial charge in [-0.25, -0.2) is 39.5 Å². The summed E-state index contributed by atoms with van der Waals surface area (Å²) in [4.78, 5) is 37.5. The Morgan fingerprint density at radius 3 is 1.77 bits per heavy atom. The summed E-state index contributed by atoms with van der Waals surface area (Å²) < 4.78 is 115. The topological polar surface area (TPSA) is 166 Å². The standard InChI is InChI=1S/C22H24ClF3N4O2.C8H11F2N.C8H12F2O2.C6H7F2N/c1-21(2,13-8-22(25,26)9-13)10-17(31)29-5-6-30-16(11-29)18(20(27)32)19(28-30)12-3-4-15(24)14(23)7-12;1-7(2,5-11)6-3-8(9,10)4-6;1-7(2,6(11)12)5-3-8(9,10)4-5;7-6(8)3-5(4-6)1-2-9/h3-4,7,13H,5-6,8-11H2,1-2H3,(H2,27,32);6H,3-4H2,1-2H3;5H,3-4H2,1-2H3,(H,11,12);5H,1,3-4H2. The second-order valence-electron chi connectivity index (χ2n) is 19.6. The molecule has 0 spiro atoms. The highest BCUT2D eigenvalue weighted by Gasteiger charge is 2.55. The van der Waals surface area contributed by atoms with Gasteiger partial charge in [-0.1, -0.05) is 25.4 Å². The summed E-state index contributed by atoms with van der Waals surface area (Å²) >= 11 is 5.88. The maximum atomic E-state index is 13.6. The first-order valence-electron chi connectivity index (χ1n) is 20.8. The first kappa shape index (κ1) is 52.1. The van der Waals surface area contributed by atoms with Crippen LogP contribution < -0.4 is 5.73 Å². The molecule has 4 aliphatic carbocycles. The van der Waals surface area contributed by atoms with Crippen molar-refractivity contribution in [2.24, 2.45) is 45.7 Å². The average molecular weight is 937 g/mol. The minimum Gasteiger partial charge on any atom is -0.481 e. The molecule has 2 heterocycles. The van der Waals surface area contributed by atoms with Gasteiger partial charge in [0.15, 0.2) is 0 Å². The van der Waals surface area contributed by atoms with Crippen LogP contribution in [0.15, 0.2) is 18.2 Å². The molecule has 354 valence electrons. The lowest BCUT2D eigenvalue weighted by Gasteiger charge is -2.45. The third kappa shape index (κ3) is 12.6. The van der Waals surface area contributed by atoms with Gasteiger partial charge in [-0.05, 0) is 75.0 Å². The van der Waals surface area contributed by atoms with E-state index in [1.165, 1.54) is 32.0 Å². The molecule has 2 aromatic rings. The van der Waals surface area contributed by atoms with Crippen molar-refractivity contribution < 1.29 is 59.0 Å². The monoisotopic (exact) mass is 936 g/mol. The van der Waals surface area contributed by atoms with Crippen LogP contribution in [0.5, 0.6) is 0 Å². The van der Waals surface area contributed by atoms with Gasteiger partial charge in [0.25, 0.3) is 5.91 Å². The predicted molar refractivity (Wildman–Crippen MR) is 217 cm³/mol. The van der Waals surface area contributed by atoms with Gasteiger partial charge >= 0.3 is 5.97 Å². The Labute approximate surface area is 371 Å². The van der Waals surface area contributed by atoms with Crippen LogP contribution in [0.3, 0.4) is 0 Å². The molecule has 1 aliphatic heterocycles. The number of amides is 2. The van der Waals surface area contributed by atoms with E-state index >= 15 is 0 Å². The number of primary amides is 1. The van der Waals surface area contributed by atoms with Crippen LogP contribution in [0, 0.1) is 68.4 Å². The highest BCUT2D eigenvalue weighted by molar-refractivity contribution is 6.31. The maximum absolute atomic E-state index is 13.6. The van der Waals surface area contributed by atoms with Crippen LogP contribution in [0.2, 0.25) is 5.02 Å². The zero-order valence-electron chi connectivity index (χ0n) is 36.5. The minimum absolute atomic E-state index is 0.0370. The zero-order chi connectivity index (χ0) is 48.6. The summed E-state index contributed by atoms with van der Waals surface area (Å²) in [6, 6.07) is 7.94. The van der Waals surface area contributed by atoms with E-state index in [2.05, 4.69) is 5.10 Å². The molecule has 0 saturated heterocycles. The number of aromatic nitrogens is 2. The van der Waals surface area contributed by atoms with E-state index in [1.807, 2.05) is 26.0 Å². The number of halogens is 10. The highest BCUT2D eigenvalue weighted by Crippen LogP contribution is 2.53. The summed E-state index contributed by atoms with van der Waals surface area (Å²) in [7, 11) is 0. The van der Waals surface area contributed by atoms with Crippen molar-refractivity contribution in [3.05, 3.63) is 40.3 Å². The molecular weight excluding hydrogens is 883 g/mol. The second-order valence-corrected chi connectivity index (χ2v) is 20.0. The van der Waals surface area contributed by atoms with E-state index in [9.17, 15) is 53.9 Å². The summed E-state index contributed by atoms with van der Waals surface area (Å²) in [5.74, 6) is -13.5. The number of rotatable bonds is 9. The van der Waals surface area contributed by atoms with Crippen molar-refractivity contribution in [1.29, 1.82) is 10.5 Å². The van der Waals surface area contributed by atoms with Crippen molar-refractivity contribution in [3.63, 3.8) is 0 Å². The number of carbonyl (C=O) groups excluding carboxylic acids is 2. The van der Waals surface area contributed by atoms with Crippen LogP contribution in [0.25, 0.3) is 11.3 Å². The van der Waals surface area contributed by atoms with Crippen molar-refractivity contribution >= 4 is 29.4 Å². The molecule has 10 nitrogen and oxygen atoms in total. The van der Waals surface area contributed by atoms with Gasteiger partial charge in [-0.15, -0.1) is 0 Å². The number of hydrogen-bond donors (Lipinski definition) is 2. The van der Waals surface area contributed by atoms with Crippen LogP contribution >= 0.6 is 11.6 Å². The summed E-state index contributed by atoms with van der Waals surface area (Å²) in [5, 5.41) is 29.7. The van der Waals surface area contributed by atoms with E-state index in [1.54, 1.807) is 23.4 Å². The smallest absolute Gasteiger partial charge is 0.309 e. The molecule has 4 saturated carbocycles. The van der Waals surface area contributed by atoms with E-state index in [0.29, 0.717) is 24.3 Å². The number of carbonyl (C=O) groups is 3.